The van der Waals surface area contributed by atoms with Crippen LogP contribution in [0.5, 0.6) is 0 Å². The zero-order valence-corrected chi connectivity index (χ0v) is 13.0. The molecule has 3 atom stereocenters. The normalized spacial score (nSPS) is 35.7. The van der Waals surface area contributed by atoms with Crippen LogP contribution in [0.2, 0.25) is 0 Å². The predicted molar refractivity (Wildman–Crippen MR) is 78.1 cm³/mol. The van der Waals surface area contributed by atoms with Crippen LogP contribution in [0.4, 0.5) is 0 Å². The van der Waals surface area contributed by atoms with E-state index in [0.717, 1.165) is 31.0 Å². The van der Waals surface area contributed by atoms with E-state index in [9.17, 15) is 0 Å². The summed E-state index contributed by atoms with van der Waals surface area (Å²) in [6, 6.07) is 0. The van der Waals surface area contributed by atoms with Gasteiger partial charge in [-0.1, -0.05) is 20.8 Å². The van der Waals surface area contributed by atoms with Crippen molar-refractivity contribution in [2.45, 2.75) is 64.7 Å². The molecule has 0 aromatic rings. The molecule has 1 nitrogen and oxygen atoms in total. The second kappa shape index (κ2) is 6.13. The number of hydrogen-bond donors (Lipinski definition) is 0. The van der Waals surface area contributed by atoms with Crippen molar-refractivity contribution in [2.75, 3.05) is 13.2 Å². The molecule has 1 aliphatic heterocycles. The molecule has 0 aromatic carbocycles. The quantitative estimate of drug-likeness (QED) is 0.652. The first kappa shape index (κ1) is 14.7. The molecule has 0 N–H and O–H groups in total. The molecule has 1 saturated carbocycles. The van der Waals surface area contributed by atoms with Gasteiger partial charge in [-0.3, -0.25) is 0 Å². The van der Waals surface area contributed by atoms with Crippen LogP contribution in [0.1, 0.15) is 59.3 Å². The molecule has 2 rings (SSSR count). The number of ether oxygens (including phenoxy) is 1. The Morgan fingerprint density at radius 3 is 2.33 bits per heavy atom. The smallest absolute Gasteiger partial charge is 0.0468 e. The summed E-state index contributed by atoms with van der Waals surface area (Å²) in [6.45, 7) is 9.09. The van der Waals surface area contributed by atoms with Crippen LogP contribution in [-0.2, 0) is 4.74 Å². The van der Waals surface area contributed by atoms with Gasteiger partial charge in [-0.05, 0) is 61.7 Å². The van der Waals surface area contributed by atoms with Crippen molar-refractivity contribution in [3.63, 3.8) is 0 Å². The predicted octanol–water partition coefficient (Wildman–Crippen LogP) is 4.87. The van der Waals surface area contributed by atoms with Crippen LogP contribution in [-0.4, -0.2) is 18.6 Å². The highest BCUT2D eigenvalue weighted by atomic mass is 35.5. The summed E-state index contributed by atoms with van der Waals surface area (Å²) < 4.78 is 5.46. The lowest BCUT2D eigenvalue weighted by atomic mass is 9.67. The van der Waals surface area contributed by atoms with Gasteiger partial charge < -0.3 is 4.74 Å². The van der Waals surface area contributed by atoms with Crippen molar-refractivity contribution in [1.29, 1.82) is 0 Å². The van der Waals surface area contributed by atoms with Crippen LogP contribution in [0, 0.1) is 23.2 Å². The maximum absolute atomic E-state index is 6.59. The van der Waals surface area contributed by atoms with Crippen molar-refractivity contribution >= 4 is 11.6 Å². The Kier molecular flexibility index (Phi) is 4.99. The van der Waals surface area contributed by atoms with Gasteiger partial charge >= 0.3 is 0 Å². The highest BCUT2D eigenvalue weighted by Gasteiger charge is 2.36. The largest absolute Gasteiger partial charge is 0.381 e. The summed E-state index contributed by atoms with van der Waals surface area (Å²) in [4.78, 5) is 0. The van der Waals surface area contributed by atoms with E-state index in [0.29, 0.717) is 10.8 Å². The SMILES string of the molecule is CC(C)(C)C1CCC(Cl)C(CC2CCOCC2)C1. The van der Waals surface area contributed by atoms with Gasteiger partial charge in [0, 0.05) is 18.6 Å². The topological polar surface area (TPSA) is 9.23 Å². The Morgan fingerprint density at radius 1 is 1.06 bits per heavy atom. The standard InChI is InChI=1S/C16H29ClO/c1-16(2,3)14-4-5-15(17)13(11-14)10-12-6-8-18-9-7-12/h12-15H,4-11H2,1-3H3. The molecule has 0 amide bonds. The van der Waals surface area contributed by atoms with Gasteiger partial charge in [-0.25, -0.2) is 0 Å². The van der Waals surface area contributed by atoms with Crippen molar-refractivity contribution in [1.82, 2.24) is 0 Å². The van der Waals surface area contributed by atoms with E-state index >= 15 is 0 Å². The fourth-order valence-electron chi connectivity index (χ4n) is 3.67. The van der Waals surface area contributed by atoms with E-state index in [1.165, 1.54) is 38.5 Å². The fraction of sp³-hybridized carbons (Fsp3) is 1.00. The molecular formula is C16H29ClO. The molecule has 0 bridgehead atoms. The number of halogens is 1. The molecule has 0 spiro atoms. The maximum atomic E-state index is 6.59. The summed E-state index contributed by atoms with van der Waals surface area (Å²) in [7, 11) is 0. The third kappa shape index (κ3) is 3.87. The van der Waals surface area contributed by atoms with E-state index in [1.54, 1.807) is 0 Å². The van der Waals surface area contributed by atoms with Crippen LogP contribution in [0.15, 0.2) is 0 Å². The van der Waals surface area contributed by atoms with Gasteiger partial charge in [0.15, 0.2) is 0 Å². The Balaban J connectivity index is 1.88. The minimum Gasteiger partial charge on any atom is -0.381 e. The van der Waals surface area contributed by atoms with Gasteiger partial charge in [0.25, 0.3) is 0 Å². The fourth-order valence-corrected chi connectivity index (χ4v) is 4.00. The first-order valence-electron chi connectivity index (χ1n) is 7.68. The van der Waals surface area contributed by atoms with Crippen LogP contribution < -0.4 is 0 Å². The van der Waals surface area contributed by atoms with Gasteiger partial charge in [-0.15, -0.1) is 11.6 Å². The molecule has 2 aliphatic rings. The Labute approximate surface area is 118 Å². The monoisotopic (exact) mass is 272 g/mol. The van der Waals surface area contributed by atoms with Crippen molar-refractivity contribution in [2.24, 2.45) is 23.2 Å². The maximum Gasteiger partial charge on any atom is 0.0468 e. The summed E-state index contributed by atoms with van der Waals surface area (Å²) in [5, 5.41) is 0.423. The molecular weight excluding hydrogens is 244 g/mol. The molecule has 18 heavy (non-hydrogen) atoms. The summed E-state index contributed by atoms with van der Waals surface area (Å²) in [5.41, 5.74) is 0.449. The van der Waals surface area contributed by atoms with Gasteiger partial charge in [0.05, 0.1) is 0 Å². The Bertz CT molecular complexity index is 252. The molecule has 2 fully saturated rings. The number of alkyl halides is 1. The lowest BCUT2D eigenvalue weighted by molar-refractivity contribution is 0.0500. The van der Waals surface area contributed by atoms with Gasteiger partial charge in [-0.2, -0.15) is 0 Å². The van der Waals surface area contributed by atoms with Crippen molar-refractivity contribution in [3.05, 3.63) is 0 Å². The van der Waals surface area contributed by atoms with Gasteiger partial charge in [0.2, 0.25) is 0 Å². The van der Waals surface area contributed by atoms with Crippen LogP contribution in [0.3, 0.4) is 0 Å². The van der Waals surface area contributed by atoms with Gasteiger partial charge in [0.1, 0.15) is 0 Å². The molecule has 1 heterocycles. The van der Waals surface area contributed by atoms with Crippen LogP contribution >= 0.6 is 11.6 Å². The zero-order chi connectivity index (χ0) is 13.2. The molecule has 0 radical (unpaired) electrons. The average Bonchev–Trinajstić information content (AvgIpc) is 2.32. The van der Waals surface area contributed by atoms with Crippen molar-refractivity contribution in [3.8, 4) is 0 Å². The average molecular weight is 273 g/mol. The second-order valence-corrected chi connectivity index (χ2v) is 8.00. The summed E-state index contributed by atoms with van der Waals surface area (Å²) in [6.07, 6.45) is 7.72. The Morgan fingerprint density at radius 2 is 1.72 bits per heavy atom. The lowest BCUT2D eigenvalue weighted by Crippen LogP contribution is -2.34. The molecule has 106 valence electrons. The molecule has 3 unspecified atom stereocenters. The lowest BCUT2D eigenvalue weighted by Gasteiger charge is -2.41. The molecule has 0 aromatic heterocycles. The van der Waals surface area contributed by atoms with E-state index in [2.05, 4.69) is 20.8 Å². The molecule has 2 heteroatoms. The first-order valence-corrected chi connectivity index (χ1v) is 8.12. The van der Waals surface area contributed by atoms with E-state index in [-0.39, 0.29) is 0 Å². The highest BCUT2D eigenvalue weighted by Crippen LogP contribution is 2.44. The first-order chi connectivity index (χ1) is 8.47. The summed E-state index contributed by atoms with van der Waals surface area (Å²) in [5.74, 6) is 2.47. The highest BCUT2D eigenvalue weighted by molar-refractivity contribution is 6.20. The van der Waals surface area contributed by atoms with E-state index in [1.807, 2.05) is 0 Å². The third-order valence-corrected chi connectivity index (χ3v) is 5.67. The van der Waals surface area contributed by atoms with E-state index in [4.69, 9.17) is 16.3 Å². The number of hydrogen-bond acceptors (Lipinski definition) is 1. The Hall–Kier alpha value is 0.250. The third-order valence-electron chi connectivity index (χ3n) is 5.09. The molecule has 1 aliphatic carbocycles. The second-order valence-electron chi connectivity index (χ2n) is 7.44. The van der Waals surface area contributed by atoms with Crippen molar-refractivity contribution < 1.29 is 4.74 Å². The zero-order valence-electron chi connectivity index (χ0n) is 12.3. The van der Waals surface area contributed by atoms with E-state index < -0.39 is 0 Å². The minimum atomic E-state index is 0.423. The minimum absolute atomic E-state index is 0.423. The number of rotatable bonds is 2. The summed E-state index contributed by atoms with van der Waals surface area (Å²) >= 11 is 6.59. The van der Waals surface area contributed by atoms with Crippen LogP contribution in [0.25, 0.3) is 0 Å². The molecule has 1 saturated heterocycles.